The fourth-order valence-electron chi connectivity index (χ4n) is 1.68. The highest BCUT2D eigenvalue weighted by atomic mass is 16.3. The molecule has 1 aromatic rings. The highest BCUT2D eigenvalue weighted by molar-refractivity contribution is 5.15. The maximum absolute atomic E-state index is 9.29. The average Bonchev–Trinajstić information content (AvgIpc) is 2.28. The summed E-state index contributed by atoms with van der Waals surface area (Å²) in [4.78, 5) is 0. The summed E-state index contributed by atoms with van der Waals surface area (Å²) >= 11 is 0. The Morgan fingerprint density at radius 1 is 1.19 bits per heavy atom. The summed E-state index contributed by atoms with van der Waals surface area (Å²) in [5, 5.41) is 12.7. The minimum atomic E-state index is 0.182. The molecule has 0 radical (unpaired) electrons. The van der Waals surface area contributed by atoms with Crippen LogP contribution in [0, 0.1) is 5.92 Å². The highest BCUT2D eigenvalue weighted by Gasteiger charge is 2.07. The molecule has 0 saturated carbocycles. The topological polar surface area (TPSA) is 32.3 Å². The number of hydrogen-bond donors (Lipinski definition) is 2. The van der Waals surface area contributed by atoms with Crippen molar-refractivity contribution in [2.45, 2.75) is 32.7 Å². The summed E-state index contributed by atoms with van der Waals surface area (Å²) in [6, 6.07) is 10.5. The molecule has 2 heteroatoms. The Bertz CT molecular complexity index is 271. The number of aliphatic hydroxyl groups excluding tert-OH is 1. The molecule has 1 aromatic carbocycles. The van der Waals surface area contributed by atoms with Gasteiger partial charge in [-0.3, -0.25) is 0 Å². The van der Waals surface area contributed by atoms with Gasteiger partial charge in [0, 0.05) is 6.04 Å². The first-order chi connectivity index (χ1) is 7.72. The number of rotatable bonds is 7. The van der Waals surface area contributed by atoms with Gasteiger partial charge in [0.15, 0.2) is 0 Å². The smallest absolute Gasteiger partial charge is 0.0587 e. The summed E-state index contributed by atoms with van der Waals surface area (Å²) in [6.45, 7) is 5.61. The van der Waals surface area contributed by atoms with Gasteiger partial charge in [-0.25, -0.2) is 0 Å². The first-order valence-corrected chi connectivity index (χ1v) is 6.10. The monoisotopic (exact) mass is 221 g/mol. The molecule has 0 spiro atoms. The number of benzene rings is 1. The molecule has 0 bridgehead atoms. The zero-order valence-corrected chi connectivity index (χ0v) is 10.3. The van der Waals surface area contributed by atoms with Crippen LogP contribution in [-0.2, 0) is 6.42 Å². The van der Waals surface area contributed by atoms with Crippen LogP contribution in [0.2, 0.25) is 0 Å². The van der Waals surface area contributed by atoms with Crippen molar-refractivity contribution in [3.05, 3.63) is 35.9 Å². The van der Waals surface area contributed by atoms with E-state index in [2.05, 4.69) is 31.3 Å². The molecule has 0 aliphatic heterocycles. The quantitative estimate of drug-likeness (QED) is 0.740. The van der Waals surface area contributed by atoms with Crippen LogP contribution in [0.25, 0.3) is 0 Å². The molecule has 1 rings (SSSR count). The van der Waals surface area contributed by atoms with Crippen molar-refractivity contribution in [3.63, 3.8) is 0 Å². The van der Waals surface area contributed by atoms with Gasteiger partial charge in [-0.05, 0) is 30.9 Å². The average molecular weight is 221 g/mol. The molecule has 0 aliphatic rings. The van der Waals surface area contributed by atoms with Crippen LogP contribution in [0.5, 0.6) is 0 Å². The molecule has 0 amide bonds. The van der Waals surface area contributed by atoms with Crippen molar-refractivity contribution in [1.82, 2.24) is 5.32 Å². The van der Waals surface area contributed by atoms with Crippen LogP contribution in [0.1, 0.15) is 25.8 Å². The Balaban J connectivity index is 2.32. The van der Waals surface area contributed by atoms with E-state index in [0.29, 0.717) is 5.92 Å². The molecule has 0 aliphatic carbocycles. The predicted molar refractivity (Wildman–Crippen MR) is 68.5 cm³/mol. The van der Waals surface area contributed by atoms with E-state index in [-0.39, 0.29) is 12.6 Å². The van der Waals surface area contributed by atoms with Crippen molar-refractivity contribution in [1.29, 1.82) is 0 Å². The molecule has 16 heavy (non-hydrogen) atoms. The Morgan fingerprint density at radius 3 is 2.44 bits per heavy atom. The van der Waals surface area contributed by atoms with Gasteiger partial charge >= 0.3 is 0 Å². The van der Waals surface area contributed by atoms with E-state index in [4.69, 9.17) is 0 Å². The largest absolute Gasteiger partial charge is 0.395 e. The zero-order chi connectivity index (χ0) is 11.8. The second-order valence-electron chi connectivity index (χ2n) is 4.71. The first kappa shape index (κ1) is 13.2. The molecule has 2 N–H and O–H groups in total. The molecular weight excluding hydrogens is 198 g/mol. The van der Waals surface area contributed by atoms with Crippen molar-refractivity contribution in [2.24, 2.45) is 5.92 Å². The second kappa shape index (κ2) is 7.42. The third-order valence-corrected chi connectivity index (χ3v) is 2.70. The van der Waals surface area contributed by atoms with E-state index in [0.717, 1.165) is 19.4 Å². The lowest BCUT2D eigenvalue weighted by molar-refractivity contribution is 0.240. The summed E-state index contributed by atoms with van der Waals surface area (Å²) in [5.41, 5.74) is 1.28. The summed E-state index contributed by atoms with van der Waals surface area (Å²) in [7, 11) is 0. The lowest BCUT2D eigenvalue weighted by Crippen LogP contribution is -2.35. The standard InChI is InChI=1S/C14H23NO/c1-12(2)8-9-15-14(11-16)10-13-6-4-3-5-7-13/h3-7,12,14-16H,8-11H2,1-2H3. The lowest BCUT2D eigenvalue weighted by atomic mass is 10.1. The van der Waals surface area contributed by atoms with Crippen molar-refractivity contribution in [3.8, 4) is 0 Å². The van der Waals surface area contributed by atoms with E-state index in [1.54, 1.807) is 0 Å². The maximum Gasteiger partial charge on any atom is 0.0587 e. The fourth-order valence-corrected chi connectivity index (χ4v) is 1.68. The first-order valence-electron chi connectivity index (χ1n) is 6.10. The summed E-state index contributed by atoms with van der Waals surface area (Å²) in [5.74, 6) is 0.712. The van der Waals surface area contributed by atoms with Gasteiger partial charge in [-0.1, -0.05) is 44.2 Å². The third kappa shape index (κ3) is 5.29. The molecule has 1 unspecified atom stereocenters. The van der Waals surface area contributed by atoms with Gasteiger partial charge in [0.2, 0.25) is 0 Å². The lowest BCUT2D eigenvalue weighted by Gasteiger charge is -2.17. The Kier molecular flexibility index (Phi) is 6.12. The van der Waals surface area contributed by atoms with Crippen LogP contribution in [0.4, 0.5) is 0 Å². The van der Waals surface area contributed by atoms with Gasteiger partial charge in [0.05, 0.1) is 6.61 Å². The van der Waals surface area contributed by atoms with Crippen LogP contribution in [0.3, 0.4) is 0 Å². The molecule has 0 heterocycles. The highest BCUT2D eigenvalue weighted by Crippen LogP contribution is 2.03. The van der Waals surface area contributed by atoms with E-state index in [1.807, 2.05) is 18.2 Å². The minimum Gasteiger partial charge on any atom is -0.395 e. The second-order valence-corrected chi connectivity index (χ2v) is 4.71. The molecule has 0 saturated heterocycles. The Labute approximate surface area is 98.7 Å². The van der Waals surface area contributed by atoms with Gasteiger partial charge in [-0.2, -0.15) is 0 Å². The molecule has 2 nitrogen and oxygen atoms in total. The molecule has 0 aromatic heterocycles. The van der Waals surface area contributed by atoms with Gasteiger partial charge in [-0.15, -0.1) is 0 Å². The number of nitrogens with one attached hydrogen (secondary N) is 1. The molecule has 0 fully saturated rings. The van der Waals surface area contributed by atoms with Crippen LogP contribution in [-0.4, -0.2) is 24.3 Å². The molecular formula is C14H23NO. The Hall–Kier alpha value is -0.860. The van der Waals surface area contributed by atoms with E-state index >= 15 is 0 Å². The van der Waals surface area contributed by atoms with Crippen LogP contribution < -0.4 is 5.32 Å². The summed E-state index contributed by atoms with van der Waals surface area (Å²) in [6.07, 6.45) is 2.06. The summed E-state index contributed by atoms with van der Waals surface area (Å²) < 4.78 is 0. The van der Waals surface area contributed by atoms with Gasteiger partial charge in [0.1, 0.15) is 0 Å². The zero-order valence-electron chi connectivity index (χ0n) is 10.3. The number of aliphatic hydroxyl groups is 1. The fraction of sp³-hybridized carbons (Fsp3) is 0.571. The van der Waals surface area contributed by atoms with Crippen LogP contribution in [0.15, 0.2) is 30.3 Å². The minimum absolute atomic E-state index is 0.182. The van der Waals surface area contributed by atoms with Crippen molar-refractivity contribution >= 4 is 0 Å². The SMILES string of the molecule is CC(C)CCNC(CO)Cc1ccccc1. The van der Waals surface area contributed by atoms with E-state index in [9.17, 15) is 5.11 Å². The molecule has 90 valence electrons. The van der Waals surface area contributed by atoms with E-state index in [1.165, 1.54) is 5.56 Å². The van der Waals surface area contributed by atoms with Crippen molar-refractivity contribution in [2.75, 3.05) is 13.2 Å². The van der Waals surface area contributed by atoms with Crippen molar-refractivity contribution < 1.29 is 5.11 Å². The van der Waals surface area contributed by atoms with Gasteiger partial charge in [0.25, 0.3) is 0 Å². The number of hydrogen-bond acceptors (Lipinski definition) is 2. The molecule has 1 atom stereocenters. The van der Waals surface area contributed by atoms with Crippen LogP contribution >= 0.6 is 0 Å². The Morgan fingerprint density at radius 2 is 1.88 bits per heavy atom. The maximum atomic E-state index is 9.29. The predicted octanol–water partition coefficient (Wildman–Crippen LogP) is 2.23. The van der Waals surface area contributed by atoms with Gasteiger partial charge < -0.3 is 10.4 Å². The van der Waals surface area contributed by atoms with E-state index < -0.39 is 0 Å². The normalized spacial score (nSPS) is 13.0. The third-order valence-electron chi connectivity index (χ3n) is 2.70.